The van der Waals surface area contributed by atoms with Gasteiger partial charge in [-0.3, -0.25) is 0 Å². The molecule has 0 saturated heterocycles. The molecule has 1 aromatic heterocycles. The molecule has 11 nitrogen and oxygen atoms in total. The van der Waals surface area contributed by atoms with Crippen LogP contribution in [0.25, 0.3) is 0 Å². The smallest absolute Gasteiger partial charge is 0.412 e. The molecular weight excluding hydrogens is 628 g/mol. The van der Waals surface area contributed by atoms with Gasteiger partial charge < -0.3 is 24.3 Å². The van der Waals surface area contributed by atoms with Gasteiger partial charge in [0.15, 0.2) is 0 Å². The Bertz CT molecular complexity index is 1830. The molecule has 1 aliphatic rings. The van der Waals surface area contributed by atoms with Gasteiger partial charge in [-0.05, 0) is 78.6 Å². The second kappa shape index (κ2) is 15.8. The van der Waals surface area contributed by atoms with Crippen molar-refractivity contribution in [3.63, 3.8) is 0 Å². The second-order valence-corrected chi connectivity index (χ2v) is 13.8. The lowest BCUT2D eigenvalue weighted by Gasteiger charge is -2.32. The van der Waals surface area contributed by atoms with Crippen molar-refractivity contribution in [3.8, 4) is 17.6 Å². The third kappa shape index (κ3) is 8.34. The molecule has 252 valence electrons. The Morgan fingerprint density at radius 2 is 1.79 bits per heavy atom. The number of benzene rings is 3. The van der Waals surface area contributed by atoms with E-state index in [4.69, 9.17) is 9.47 Å². The standard InChI is InChI=1S/C36H42N6O5S/c1-4-5-6-7-18-39-36(43)47-33-11-8-27(9-12-33)20-30-24-41(25-31-22-38-26-40(31)2)35-17-10-28(21-37)19-29(35)23-42(30)48(44,45)34-15-13-32(46-3)14-16-34/h8-17,19,22,26,30H,4-7,18,20,23-25H2,1-3H3,(H,39,43)/t30-/m1/s1. The molecule has 0 bridgehead atoms. The van der Waals surface area contributed by atoms with E-state index in [1.165, 1.54) is 11.4 Å². The van der Waals surface area contributed by atoms with Crippen LogP contribution in [0, 0.1) is 11.3 Å². The predicted molar refractivity (Wildman–Crippen MR) is 183 cm³/mol. The molecular formula is C36H42N6O5S. The first-order valence-corrected chi connectivity index (χ1v) is 17.6. The van der Waals surface area contributed by atoms with Crippen molar-refractivity contribution in [2.75, 3.05) is 25.1 Å². The summed E-state index contributed by atoms with van der Waals surface area (Å²) in [5.74, 6) is 0.961. The van der Waals surface area contributed by atoms with E-state index in [0.29, 0.717) is 43.1 Å². The third-order valence-corrected chi connectivity index (χ3v) is 10.5. The van der Waals surface area contributed by atoms with Crippen LogP contribution >= 0.6 is 0 Å². The zero-order valence-corrected chi connectivity index (χ0v) is 28.4. The number of nitrogens with zero attached hydrogens (tertiary/aromatic N) is 5. The average Bonchev–Trinajstić information content (AvgIpc) is 3.43. The second-order valence-electron chi connectivity index (χ2n) is 11.9. The molecule has 0 spiro atoms. The van der Waals surface area contributed by atoms with Crippen LogP contribution in [0.15, 0.2) is 84.1 Å². The van der Waals surface area contributed by atoms with Gasteiger partial charge in [0, 0.05) is 44.6 Å². The largest absolute Gasteiger partial charge is 0.497 e. The van der Waals surface area contributed by atoms with Crippen LogP contribution in [-0.4, -0.2) is 54.6 Å². The fourth-order valence-electron chi connectivity index (χ4n) is 5.89. The van der Waals surface area contributed by atoms with Crippen molar-refractivity contribution in [3.05, 3.63) is 102 Å². The van der Waals surface area contributed by atoms with Crippen LogP contribution in [0.5, 0.6) is 11.5 Å². The fraction of sp³-hybridized carbons (Fsp3) is 0.361. The zero-order valence-electron chi connectivity index (χ0n) is 27.6. The van der Waals surface area contributed by atoms with Gasteiger partial charge in [0.2, 0.25) is 10.0 Å². The van der Waals surface area contributed by atoms with Crippen molar-refractivity contribution in [1.29, 1.82) is 5.26 Å². The predicted octanol–water partition coefficient (Wildman–Crippen LogP) is 5.79. The van der Waals surface area contributed by atoms with Crippen molar-refractivity contribution < 1.29 is 22.7 Å². The minimum Gasteiger partial charge on any atom is -0.497 e. The number of fused-ring (bicyclic) bond motifs is 1. The van der Waals surface area contributed by atoms with Gasteiger partial charge in [-0.15, -0.1) is 0 Å². The minimum absolute atomic E-state index is 0.0748. The molecule has 5 rings (SSSR count). The number of aromatic nitrogens is 2. The summed E-state index contributed by atoms with van der Waals surface area (Å²) >= 11 is 0. The maximum Gasteiger partial charge on any atom is 0.412 e. The Morgan fingerprint density at radius 1 is 1.04 bits per heavy atom. The Morgan fingerprint density at radius 3 is 2.46 bits per heavy atom. The highest BCUT2D eigenvalue weighted by atomic mass is 32.2. The number of ether oxygens (including phenoxy) is 2. The monoisotopic (exact) mass is 670 g/mol. The highest BCUT2D eigenvalue weighted by Crippen LogP contribution is 2.34. The van der Waals surface area contributed by atoms with Gasteiger partial charge in [-0.25, -0.2) is 18.2 Å². The lowest BCUT2D eigenvalue weighted by atomic mass is 10.1. The molecule has 0 radical (unpaired) electrons. The van der Waals surface area contributed by atoms with E-state index in [2.05, 4.69) is 28.2 Å². The van der Waals surface area contributed by atoms with Crippen LogP contribution in [-0.2, 0) is 36.6 Å². The molecule has 1 aliphatic heterocycles. The first kappa shape index (κ1) is 34.5. The number of nitriles is 1. The number of anilines is 1. The summed E-state index contributed by atoms with van der Waals surface area (Å²) in [6.45, 7) is 3.64. The maximum absolute atomic E-state index is 14.4. The first-order chi connectivity index (χ1) is 23.2. The van der Waals surface area contributed by atoms with E-state index < -0.39 is 22.2 Å². The van der Waals surface area contributed by atoms with Gasteiger partial charge in [0.1, 0.15) is 11.5 Å². The number of carbonyl (C=O) groups excluding carboxylic acids is 1. The van der Waals surface area contributed by atoms with Gasteiger partial charge in [0.05, 0.1) is 42.2 Å². The van der Waals surface area contributed by atoms with Gasteiger partial charge in [-0.1, -0.05) is 38.3 Å². The molecule has 1 amide bonds. The van der Waals surface area contributed by atoms with E-state index in [0.717, 1.165) is 48.2 Å². The Hall–Kier alpha value is -4.86. The lowest BCUT2D eigenvalue weighted by molar-refractivity contribution is 0.200. The minimum atomic E-state index is -4.00. The lowest BCUT2D eigenvalue weighted by Crippen LogP contribution is -2.45. The van der Waals surface area contributed by atoms with Crippen molar-refractivity contribution >= 4 is 21.8 Å². The van der Waals surface area contributed by atoms with Crippen LogP contribution in [0.4, 0.5) is 10.5 Å². The average molecular weight is 671 g/mol. The number of amides is 1. The van der Waals surface area contributed by atoms with Crippen molar-refractivity contribution in [2.24, 2.45) is 7.05 Å². The molecule has 2 heterocycles. The van der Waals surface area contributed by atoms with Crippen LogP contribution in [0.3, 0.4) is 0 Å². The first-order valence-electron chi connectivity index (χ1n) is 16.2. The number of rotatable bonds is 13. The van der Waals surface area contributed by atoms with Crippen molar-refractivity contribution in [2.45, 2.75) is 63.1 Å². The summed E-state index contributed by atoms with van der Waals surface area (Å²) in [6.07, 6.45) is 7.64. The Kier molecular flexibility index (Phi) is 11.4. The van der Waals surface area contributed by atoms with E-state index in [9.17, 15) is 18.5 Å². The van der Waals surface area contributed by atoms with Crippen molar-refractivity contribution in [1.82, 2.24) is 19.2 Å². The van der Waals surface area contributed by atoms with Crippen LogP contribution < -0.4 is 19.7 Å². The molecule has 0 unspecified atom stereocenters. The normalized spacial score (nSPS) is 14.9. The maximum atomic E-state index is 14.4. The summed E-state index contributed by atoms with van der Waals surface area (Å²) in [6, 6.07) is 20.7. The van der Waals surface area contributed by atoms with E-state index in [1.807, 2.05) is 29.8 Å². The fourth-order valence-corrected chi connectivity index (χ4v) is 7.49. The van der Waals surface area contributed by atoms with Gasteiger partial charge in [0.25, 0.3) is 0 Å². The Labute approximate surface area is 282 Å². The number of hydrogen-bond acceptors (Lipinski definition) is 8. The number of aryl methyl sites for hydroxylation is 1. The molecule has 4 aromatic rings. The number of unbranched alkanes of at least 4 members (excludes halogenated alkanes) is 3. The molecule has 12 heteroatoms. The summed E-state index contributed by atoms with van der Waals surface area (Å²) < 4.78 is 43.1. The van der Waals surface area contributed by atoms with Crippen LogP contribution in [0.1, 0.15) is 55.0 Å². The topological polar surface area (TPSA) is 130 Å². The number of methoxy groups -OCH3 is 1. The molecule has 48 heavy (non-hydrogen) atoms. The summed E-state index contributed by atoms with van der Waals surface area (Å²) in [5, 5.41) is 12.5. The van der Waals surface area contributed by atoms with Crippen LogP contribution in [0.2, 0.25) is 0 Å². The zero-order chi connectivity index (χ0) is 34.1. The number of sulfonamides is 1. The highest BCUT2D eigenvalue weighted by molar-refractivity contribution is 7.89. The molecule has 0 aliphatic carbocycles. The van der Waals surface area contributed by atoms with E-state index >= 15 is 0 Å². The van der Waals surface area contributed by atoms with Gasteiger partial charge >= 0.3 is 6.09 Å². The Balaban J connectivity index is 1.45. The molecule has 1 atom stereocenters. The molecule has 0 fully saturated rings. The van der Waals surface area contributed by atoms with E-state index in [1.54, 1.807) is 61.1 Å². The van der Waals surface area contributed by atoms with Gasteiger partial charge in [-0.2, -0.15) is 9.57 Å². The van der Waals surface area contributed by atoms with E-state index in [-0.39, 0.29) is 11.4 Å². The number of hydrogen-bond donors (Lipinski definition) is 1. The number of nitrogens with one attached hydrogen (secondary N) is 1. The number of carbonyl (C=O) groups is 1. The number of imidazole rings is 1. The summed E-state index contributed by atoms with van der Waals surface area (Å²) in [4.78, 5) is 18.9. The summed E-state index contributed by atoms with van der Waals surface area (Å²) in [5.41, 5.74) is 3.89. The highest BCUT2D eigenvalue weighted by Gasteiger charge is 2.37. The SMILES string of the molecule is CCCCCCNC(=O)Oc1ccc(C[C@@H]2CN(Cc3cncn3C)c3ccc(C#N)cc3CN2S(=O)(=O)c2ccc(OC)cc2)cc1. The molecule has 0 saturated carbocycles. The third-order valence-electron chi connectivity index (χ3n) is 8.55. The molecule has 1 N–H and O–H groups in total. The molecule has 3 aromatic carbocycles. The summed E-state index contributed by atoms with van der Waals surface area (Å²) in [7, 11) is -0.543. The quantitative estimate of drug-likeness (QED) is 0.177.